The first-order chi connectivity index (χ1) is 11.7. The van der Waals surface area contributed by atoms with Crippen LogP contribution in [0.5, 0.6) is 5.75 Å². The van der Waals surface area contributed by atoms with Crippen LogP contribution in [0.1, 0.15) is 25.5 Å². The number of hydrogen-bond acceptors (Lipinski definition) is 6. The molecule has 0 saturated carbocycles. The lowest BCUT2D eigenvalue weighted by atomic mass is 10.1. The summed E-state index contributed by atoms with van der Waals surface area (Å²) in [5.74, 6) is 1.59. The van der Waals surface area contributed by atoms with Gasteiger partial charge in [-0.25, -0.2) is 14.6 Å². The molecule has 0 unspecified atom stereocenters. The van der Waals surface area contributed by atoms with E-state index in [9.17, 15) is 0 Å². The average molecular weight is 327 g/mol. The van der Waals surface area contributed by atoms with Crippen LogP contribution in [0.15, 0.2) is 36.8 Å². The lowest BCUT2D eigenvalue weighted by Crippen LogP contribution is -2.09. The monoisotopic (exact) mass is 327 g/mol. The third kappa shape index (κ3) is 3.30. The van der Waals surface area contributed by atoms with Gasteiger partial charge in [0.25, 0.3) is 0 Å². The van der Waals surface area contributed by atoms with Gasteiger partial charge in [0, 0.05) is 6.04 Å². The second-order valence-electron chi connectivity index (χ2n) is 5.42. The number of ether oxygens (including phenoxy) is 1. The fourth-order valence-electron chi connectivity index (χ4n) is 2.57. The molecular formula is C17H21N5O2. The number of nitrogens with one attached hydrogen (secondary N) is 1. The predicted molar refractivity (Wildman–Crippen MR) is 92.1 cm³/mol. The van der Waals surface area contributed by atoms with Crippen molar-refractivity contribution in [2.75, 3.05) is 18.5 Å². The van der Waals surface area contributed by atoms with Crippen LogP contribution in [0.3, 0.4) is 0 Å². The Hall–Kier alpha value is -2.67. The van der Waals surface area contributed by atoms with Crippen molar-refractivity contribution in [3.8, 4) is 5.75 Å². The van der Waals surface area contributed by atoms with Crippen LogP contribution < -0.4 is 10.1 Å². The molecule has 7 heteroatoms. The van der Waals surface area contributed by atoms with Crippen LogP contribution in [-0.4, -0.2) is 38.1 Å². The van der Waals surface area contributed by atoms with Gasteiger partial charge in [0.2, 0.25) is 0 Å². The van der Waals surface area contributed by atoms with Crippen molar-refractivity contribution < 1.29 is 9.84 Å². The molecule has 0 aliphatic carbocycles. The Labute approximate surface area is 140 Å². The molecule has 2 aromatic heterocycles. The Morgan fingerprint density at radius 2 is 2.04 bits per heavy atom. The van der Waals surface area contributed by atoms with Crippen molar-refractivity contribution in [2.45, 2.75) is 26.4 Å². The van der Waals surface area contributed by atoms with E-state index in [-0.39, 0.29) is 12.6 Å². The number of aromatic nitrogens is 4. The van der Waals surface area contributed by atoms with Crippen molar-refractivity contribution in [3.63, 3.8) is 0 Å². The maximum absolute atomic E-state index is 9.09. The molecule has 2 heterocycles. The second-order valence-corrected chi connectivity index (χ2v) is 5.42. The van der Waals surface area contributed by atoms with Gasteiger partial charge in [0.15, 0.2) is 5.65 Å². The average Bonchev–Trinajstić information content (AvgIpc) is 3.00. The molecule has 24 heavy (non-hydrogen) atoms. The Morgan fingerprint density at radius 1 is 1.25 bits per heavy atom. The van der Waals surface area contributed by atoms with Crippen molar-refractivity contribution in [2.24, 2.45) is 0 Å². The zero-order chi connectivity index (χ0) is 16.9. The minimum absolute atomic E-state index is 0.0200. The van der Waals surface area contributed by atoms with Crippen LogP contribution in [0.4, 0.5) is 5.82 Å². The van der Waals surface area contributed by atoms with Crippen molar-refractivity contribution in [1.29, 1.82) is 0 Å². The predicted octanol–water partition coefficient (Wildman–Crippen LogP) is 2.39. The molecule has 0 radical (unpaired) electrons. The number of hydrogen-bond donors (Lipinski definition) is 2. The molecule has 2 N–H and O–H groups in total. The first kappa shape index (κ1) is 16.2. The quantitative estimate of drug-likeness (QED) is 0.693. The minimum atomic E-state index is 0.0200. The Bertz CT molecular complexity index is 800. The first-order valence-electron chi connectivity index (χ1n) is 7.99. The van der Waals surface area contributed by atoms with Crippen molar-refractivity contribution >= 4 is 16.9 Å². The Balaban J connectivity index is 1.81. The van der Waals surface area contributed by atoms with Gasteiger partial charge in [-0.2, -0.15) is 5.10 Å². The highest BCUT2D eigenvalue weighted by molar-refractivity contribution is 5.86. The van der Waals surface area contributed by atoms with Gasteiger partial charge in [0.05, 0.1) is 31.3 Å². The lowest BCUT2D eigenvalue weighted by Gasteiger charge is -2.16. The third-order valence-electron chi connectivity index (χ3n) is 3.79. The highest BCUT2D eigenvalue weighted by atomic mass is 16.5. The van der Waals surface area contributed by atoms with Gasteiger partial charge in [-0.15, -0.1) is 0 Å². The summed E-state index contributed by atoms with van der Waals surface area (Å²) in [4.78, 5) is 8.58. The molecule has 0 aliphatic rings. The van der Waals surface area contributed by atoms with Crippen LogP contribution >= 0.6 is 0 Å². The molecule has 0 spiro atoms. The van der Waals surface area contributed by atoms with E-state index in [0.29, 0.717) is 18.8 Å². The molecule has 3 aromatic rings. The first-order valence-corrected chi connectivity index (χ1v) is 7.99. The molecule has 0 aliphatic heterocycles. The molecular weight excluding hydrogens is 306 g/mol. The van der Waals surface area contributed by atoms with E-state index in [0.717, 1.165) is 22.5 Å². The molecule has 0 bridgehead atoms. The Morgan fingerprint density at radius 3 is 2.75 bits per heavy atom. The summed E-state index contributed by atoms with van der Waals surface area (Å²) in [6.07, 6.45) is 3.23. The molecule has 1 atom stereocenters. The summed E-state index contributed by atoms with van der Waals surface area (Å²) in [6, 6.07) is 8.07. The van der Waals surface area contributed by atoms with Crippen LogP contribution in [-0.2, 0) is 6.54 Å². The molecule has 0 fully saturated rings. The number of benzene rings is 1. The number of fused-ring (bicyclic) bond motifs is 1. The smallest absolute Gasteiger partial charge is 0.163 e. The maximum Gasteiger partial charge on any atom is 0.163 e. The number of rotatable bonds is 7. The number of anilines is 1. The van der Waals surface area contributed by atoms with Gasteiger partial charge in [0.1, 0.15) is 17.9 Å². The fraction of sp³-hybridized carbons (Fsp3) is 0.353. The summed E-state index contributed by atoms with van der Waals surface area (Å²) in [5.41, 5.74) is 1.84. The molecule has 126 valence electrons. The third-order valence-corrected chi connectivity index (χ3v) is 3.79. The van der Waals surface area contributed by atoms with Crippen LogP contribution in [0.25, 0.3) is 11.0 Å². The maximum atomic E-state index is 9.09. The molecule has 1 aromatic carbocycles. The van der Waals surface area contributed by atoms with E-state index in [1.165, 1.54) is 6.33 Å². The minimum Gasteiger partial charge on any atom is -0.494 e. The normalized spacial score (nSPS) is 12.3. The number of aliphatic hydroxyl groups is 1. The summed E-state index contributed by atoms with van der Waals surface area (Å²) in [6.45, 7) is 5.13. The zero-order valence-corrected chi connectivity index (χ0v) is 13.8. The summed E-state index contributed by atoms with van der Waals surface area (Å²) in [5, 5.41) is 17.6. The van der Waals surface area contributed by atoms with E-state index < -0.39 is 0 Å². The van der Waals surface area contributed by atoms with Crippen LogP contribution in [0.2, 0.25) is 0 Å². The van der Waals surface area contributed by atoms with Gasteiger partial charge in [-0.1, -0.05) is 12.1 Å². The largest absolute Gasteiger partial charge is 0.494 e. The molecule has 7 nitrogen and oxygen atoms in total. The SMILES string of the molecule is CCOc1ccc([C@@H](C)Nc2ncnc3c2cnn3CCO)cc1. The van der Waals surface area contributed by atoms with Crippen LogP contribution in [0, 0.1) is 0 Å². The van der Waals surface area contributed by atoms with E-state index in [2.05, 4.69) is 27.3 Å². The van der Waals surface area contributed by atoms with E-state index in [1.54, 1.807) is 10.9 Å². The van der Waals surface area contributed by atoms with Crippen molar-refractivity contribution in [3.05, 3.63) is 42.4 Å². The Kier molecular flexibility index (Phi) is 4.90. The van der Waals surface area contributed by atoms with Gasteiger partial charge < -0.3 is 15.2 Å². The van der Waals surface area contributed by atoms with Gasteiger partial charge in [-0.3, -0.25) is 0 Å². The molecule has 0 amide bonds. The highest BCUT2D eigenvalue weighted by Crippen LogP contribution is 2.25. The van der Waals surface area contributed by atoms with Gasteiger partial charge >= 0.3 is 0 Å². The number of aliphatic hydroxyl groups excluding tert-OH is 1. The molecule has 0 saturated heterocycles. The lowest BCUT2D eigenvalue weighted by molar-refractivity contribution is 0.271. The van der Waals surface area contributed by atoms with E-state index >= 15 is 0 Å². The number of nitrogens with zero attached hydrogens (tertiary/aromatic N) is 4. The summed E-state index contributed by atoms with van der Waals surface area (Å²) >= 11 is 0. The topological polar surface area (TPSA) is 85.1 Å². The zero-order valence-electron chi connectivity index (χ0n) is 13.8. The van der Waals surface area contributed by atoms with E-state index in [4.69, 9.17) is 9.84 Å². The summed E-state index contributed by atoms with van der Waals surface area (Å²) in [7, 11) is 0. The standard InChI is InChI=1S/C17H21N5O2/c1-3-24-14-6-4-13(5-7-14)12(2)21-16-15-10-20-22(8-9-23)17(15)19-11-18-16/h4-7,10-12,23H,3,8-9H2,1-2H3,(H,18,19,21)/t12-/m1/s1. The summed E-state index contributed by atoms with van der Waals surface area (Å²) < 4.78 is 7.14. The fourth-order valence-corrected chi connectivity index (χ4v) is 2.57. The van der Waals surface area contributed by atoms with Gasteiger partial charge in [-0.05, 0) is 31.5 Å². The van der Waals surface area contributed by atoms with E-state index in [1.807, 2.05) is 31.2 Å². The second kappa shape index (κ2) is 7.27. The highest BCUT2D eigenvalue weighted by Gasteiger charge is 2.12. The molecule has 3 rings (SSSR count). The van der Waals surface area contributed by atoms with Crippen molar-refractivity contribution in [1.82, 2.24) is 19.7 Å².